The predicted octanol–water partition coefficient (Wildman–Crippen LogP) is 6.49. The summed E-state index contributed by atoms with van der Waals surface area (Å²) in [5.74, 6) is 0.918. The topological polar surface area (TPSA) is 18.8 Å². The average Bonchev–Trinajstić information content (AvgIpc) is 2.81. The van der Waals surface area contributed by atoms with E-state index in [1.54, 1.807) is 0 Å². The normalized spacial score (nSPS) is 16.9. The maximum Gasteiger partial charge on any atom is 0.122 e. The van der Waals surface area contributed by atoms with E-state index in [4.69, 9.17) is 0 Å². The largest absolute Gasteiger partial charge is 0.354 e. The van der Waals surface area contributed by atoms with Crippen molar-refractivity contribution < 1.29 is 0 Å². The lowest BCUT2D eigenvalue weighted by Gasteiger charge is -2.40. The van der Waals surface area contributed by atoms with E-state index in [-0.39, 0.29) is 0 Å². The van der Waals surface area contributed by atoms with E-state index in [1.165, 1.54) is 41.5 Å². The summed E-state index contributed by atoms with van der Waals surface area (Å²) >= 11 is 0. The summed E-state index contributed by atoms with van der Waals surface area (Å²) in [6.45, 7) is 13.6. The van der Waals surface area contributed by atoms with Gasteiger partial charge in [-0.25, -0.2) is 5.01 Å². The molecule has 30 heavy (non-hydrogen) atoms. The third kappa shape index (κ3) is 5.41. The first-order valence-electron chi connectivity index (χ1n) is 11.2. The summed E-state index contributed by atoms with van der Waals surface area (Å²) < 4.78 is 0. The molecule has 1 aliphatic heterocycles. The number of benzene rings is 2. The van der Waals surface area contributed by atoms with Crippen LogP contribution in [0.5, 0.6) is 0 Å². The molecule has 0 N–H and O–H groups in total. The second-order valence-electron chi connectivity index (χ2n) is 7.99. The highest BCUT2D eigenvalue weighted by Gasteiger charge is 2.26. The molecule has 1 saturated heterocycles. The van der Waals surface area contributed by atoms with Crippen molar-refractivity contribution in [3.63, 3.8) is 0 Å². The predicted molar refractivity (Wildman–Crippen MR) is 129 cm³/mol. The van der Waals surface area contributed by atoms with E-state index in [0.717, 1.165) is 31.6 Å². The Morgan fingerprint density at radius 3 is 2.43 bits per heavy atom. The zero-order valence-corrected chi connectivity index (χ0v) is 18.6. The van der Waals surface area contributed by atoms with Gasteiger partial charge >= 0.3 is 0 Å². The summed E-state index contributed by atoms with van der Waals surface area (Å²) in [5, 5.41) is 6.19. The molecule has 0 radical (unpaired) electrons. The average molecular weight is 402 g/mol. The van der Waals surface area contributed by atoms with Crippen LogP contribution in [0.3, 0.4) is 0 Å². The minimum absolute atomic E-state index is 0.445. The van der Waals surface area contributed by atoms with Crippen LogP contribution in [-0.2, 0) is 12.8 Å². The second-order valence-corrected chi connectivity index (χ2v) is 7.99. The Kier molecular flexibility index (Phi) is 7.89. The summed E-state index contributed by atoms with van der Waals surface area (Å²) in [6.07, 6.45) is 8.76. The lowest BCUT2D eigenvalue weighted by atomic mass is 9.95. The van der Waals surface area contributed by atoms with Crippen LogP contribution in [0.1, 0.15) is 56.2 Å². The molecular formula is C27H35N3. The minimum Gasteiger partial charge on any atom is -0.354 e. The van der Waals surface area contributed by atoms with Crippen LogP contribution in [0, 0.1) is 0 Å². The maximum atomic E-state index is 4.42. The fraction of sp³-hybridized carbons (Fsp3) is 0.370. The minimum atomic E-state index is 0.445. The van der Waals surface area contributed by atoms with Crippen molar-refractivity contribution in [2.75, 3.05) is 6.54 Å². The number of likely N-dealkylation sites (tertiary alicyclic amines) is 1. The lowest BCUT2D eigenvalue weighted by molar-refractivity contribution is 0.151. The molecular weight excluding hydrogens is 366 g/mol. The Morgan fingerprint density at radius 1 is 1.07 bits per heavy atom. The highest BCUT2D eigenvalue weighted by atomic mass is 15.5. The van der Waals surface area contributed by atoms with Gasteiger partial charge in [0.1, 0.15) is 5.82 Å². The number of allylic oxidation sites excluding steroid dienone is 1. The molecule has 0 spiro atoms. The molecule has 158 valence electrons. The van der Waals surface area contributed by atoms with Crippen molar-refractivity contribution in [2.45, 2.75) is 58.4 Å². The highest BCUT2D eigenvalue weighted by Crippen LogP contribution is 2.28. The Balaban J connectivity index is 1.79. The molecule has 1 heterocycles. The first-order chi connectivity index (χ1) is 14.7. The van der Waals surface area contributed by atoms with Crippen molar-refractivity contribution >= 4 is 12.3 Å². The van der Waals surface area contributed by atoms with Crippen LogP contribution in [-0.4, -0.2) is 29.2 Å². The van der Waals surface area contributed by atoms with Gasteiger partial charge in [0, 0.05) is 25.5 Å². The molecule has 2 aromatic rings. The summed E-state index contributed by atoms with van der Waals surface area (Å²) in [7, 11) is 0. The van der Waals surface area contributed by atoms with E-state index in [9.17, 15) is 0 Å². The SMILES string of the molecule is C=NN(/C=C(\CC)c1ccc(CC)cc1)C(=C)N1CCCCC1Cc1ccccc1. The molecule has 0 aliphatic carbocycles. The van der Waals surface area contributed by atoms with Gasteiger partial charge in [-0.3, -0.25) is 0 Å². The Bertz CT molecular complexity index is 851. The van der Waals surface area contributed by atoms with Crippen LogP contribution in [0.15, 0.2) is 78.3 Å². The van der Waals surface area contributed by atoms with Crippen molar-refractivity contribution in [3.05, 3.63) is 89.9 Å². The Hall–Kier alpha value is -2.81. The van der Waals surface area contributed by atoms with E-state index in [2.05, 4.69) is 97.9 Å². The fourth-order valence-electron chi connectivity index (χ4n) is 4.24. The van der Waals surface area contributed by atoms with E-state index >= 15 is 0 Å². The molecule has 1 unspecified atom stereocenters. The van der Waals surface area contributed by atoms with Crippen molar-refractivity contribution in [2.24, 2.45) is 5.10 Å². The summed E-state index contributed by atoms with van der Waals surface area (Å²) in [4.78, 5) is 2.43. The van der Waals surface area contributed by atoms with Gasteiger partial charge in [0.15, 0.2) is 0 Å². The van der Waals surface area contributed by atoms with E-state index in [1.807, 2.05) is 5.01 Å². The van der Waals surface area contributed by atoms with Gasteiger partial charge in [0.2, 0.25) is 0 Å². The first-order valence-corrected chi connectivity index (χ1v) is 11.2. The van der Waals surface area contributed by atoms with Crippen LogP contribution < -0.4 is 0 Å². The highest BCUT2D eigenvalue weighted by molar-refractivity contribution is 5.65. The van der Waals surface area contributed by atoms with Crippen molar-refractivity contribution in [3.8, 4) is 0 Å². The number of hydrogen-bond donors (Lipinski definition) is 0. The van der Waals surface area contributed by atoms with Gasteiger partial charge in [0.25, 0.3) is 0 Å². The van der Waals surface area contributed by atoms with Crippen LogP contribution in [0.25, 0.3) is 5.57 Å². The van der Waals surface area contributed by atoms with E-state index < -0.39 is 0 Å². The van der Waals surface area contributed by atoms with Gasteiger partial charge in [-0.2, -0.15) is 5.10 Å². The Labute approximate surface area is 182 Å². The zero-order valence-electron chi connectivity index (χ0n) is 18.6. The number of rotatable bonds is 9. The van der Waals surface area contributed by atoms with Crippen LogP contribution in [0.2, 0.25) is 0 Å². The number of nitrogens with zero attached hydrogens (tertiary/aromatic N) is 3. The van der Waals surface area contributed by atoms with Gasteiger partial charge in [0.05, 0.1) is 0 Å². The molecule has 3 rings (SSSR count). The Morgan fingerprint density at radius 2 is 1.80 bits per heavy atom. The molecule has 1 fully saturated rings. The quantitative estimate of drug-likeness (QED) is 0.353. The number of hydrogen-bond acceptors (Lipinski definition) is 3. The molecule has 2 aromatic carbocycles. The van der Waals surface area contributed by atoms with Gasteiger partial charge < -0.3 is 4.90 Å². The molecule has 3 heteroatoms. The third-order valence-corrected chi connectivity index (χ3v) is 6.08. The van der Waals surface area contributed by atoms with Crippen LogP contribution >= 0.6 is 0 Å². The standard InChI is InChI=1S/C27H35N3/c1-5-23-15-17-26(18-16-23)25(6-2)21-30(28-4)22(3)29-19-11-10-14-27(29)20-24-12-8-7-9-13-24/h7-9,12-13,15-18,21,27H,3-6,10-11,14,19-20H2,1-2H3/b25-21+. The zero-order chi connectivity index (χ0) is 21.3. The van der Waals surface area contributed by atoms with Crippen molar-refractivity contribution in [1.29, 1.82) is 0 Å². The molecule has 1 aliphatic rings. The van der Waals surface area contributed by atoms with Gasteiger partial charge in [-0.1, -0.05) is 75.0 Å². The molecule has 0 saturated carbocycles. The second kappa shape index (κ2) is 10.8. The van der Waals surface area contributed by atoms with Crippen LogP contribution in [0.4, 0.5) is 0 Å². The molecule has 0 amide bonds. The summed E-state index contributed by atoms with van der Waals surface area (Å²) in [5.41, 5.74) is 5.20. The molecule has 3 nitrogen and oxygen atoms in total. The smallest absolute Gasteiger partial charge is 0.122 e. The molecule has 1 atom stereocenters. The summed E-state index contributed by atoms with van der Waals surface area (Å²) in [6, 6.07) is 20.0. The van der Waals surface area contributed by atoms with Crippen molar-refractivity contribution in [1.82, 2.24) is 9.91 Å². The maximum absolute atomic E-state index is 4.42. The molecule has 0 bridgehead atoms. The van der Waals surface area contributed by atoms with Gasteiger partial charge in [-0.15, -0.1) is 0 Å². The monoisotopic (exact) mass is 401 g/mol. The lowest BCUT2D eigenvalue weighted by Crippen LogP contribution is -2.43. The van der Waals surface area contributed by atoms with Gasteiger partial charge in [-0.05, 0) is 60.8 Å². The molecule has 0 aromatic heterocycles. The first kappa shape index (κ1) is 21.9. The third-order valence-electron chi connectivity index (χ3n) is 6.08. The number of aryl methyl sites for hydroxylation is 1. The fourth-order valence-corrected chi connectivity index (χ4v) is 4.24. The number of hydrazone groups is 1. The van der Waals surface area contributed by atoms with E-state index in [0.29, 0.717) is 6.04 Å². The number of piperidine rings is 1.